The minimum Gasteiger partial charge on any atom is -0.511 e. The molecule has 2 saturated heterocycles. The Morgan fingerprint density at radius 2 is 1.86 bits per heavy atom. The maximum absolute atomic E-state index is 15.0. The molecule has 13 atom stereocenters. The highest BCUT2D eigenvalue weighted by Gasteiger charge is 2.67. The number of aliphatic hydroxyl groups is 2. The quantitative estimate of drug-likeness (QED) is 0.104. The number of Topliss-reactive ketones (excluding diaryl/α,β-unsaturated/α-hetero) is 1. The standard InChI is InChI=1S/C44H54Cl2N2O10/c1-6-24-20-44-38(51)33(41(55)58-44)37(50)43(7-2)25(12-10-8-9-11-17-42(44,5)21-27(24)40(53)54)14-15-26-28(43)16-13-22(3)36(26)57-32-19-30(49)34(23(4)56-32)48-39(52)35-29(45)18-31(46)47-35/h8,10-11,14-15,17-18,21-26,28,30,32,34,36,47,49-50H,6-7,9,12-13,16,19-20H2,1-5H3,(H,48,52)(H,53,54)/b10-8+,17-11+,37-33-/t22-,23+,24-,25+,26-,28+,30+,32-,34+,36-,42-,43+,44+/m0/s1. The zero-order valence-electron chi connectivity index (χ0n) is 33.5. The van der Waals surface area contributed by atoms with Crippen LogP contribution < -0.4 is 5.32 Å². The molecular weight excluding hydrogens is 787 g/mol. The van der Waals surface area contributed by atoms with E-state index in [4.69, 9.17) is 37.4 Å². The van der Waals surface area contributed by atoms with Gasteiger partial charge in [0.15, 0.2) is 11.9 Å². The molecule has 1 spiro atoms. The number of rotatable bonds is 7. The molecule has 2 bridgehead atoms. The number of hydrogen-bond acceptors (Lipinski definition) is 9. The molecule has 1 aromatic rings. The summed E-state index contributed by atoms with van der Waals surface area (Å²) in [6, 6.07) is 0.665. The first kappa shape index (κ1) is 42.4. The number of carbonyl (C=O) groups excluding carboxylic acids is 3. The number of H-pyrrole nitrogens is 1. The number of esters is 1. The summed E-state index contributed by atoms with van der Waals surface area (Å²) in [6.45, 7) is 9.40. The number of aromatic nitrogens is 1. The number of aromatic amines is 1. The van der Waals surface area contributed by atoms with Crippen molar-refractivity contribution in [2.45, 2.75) is 122 Å². The summed E-state index contributed by atoms with van der Waals surface area (Å²) in [6.07, 6.45) is 14.0. The third-order valence-corrected chi connectivity index (χ3v) is 14.7. The molecule has 7 rings (SSSR count). The molecule has 1 aromatic heterocycles. The Morgan fingerprint density at radius 1 is 1.10 bits per heavy atom. The zero-order valence-corrected chi connectivity index (χ0v) is 35.0. The van der Waals surface area contributed by atoms with Crippen molar-refractivity contribution in [3.8, 4) is 0 Å². The average molecular weight is 842 g/mol. The maximum atomic E-state index is 15.0. The van der Waals surface area contributed by atoms with Crippen molar-refractivity contribution in [2.75, 3.05) is 0 Å². The van der Waals surface area contributed by atoms with E-state index in [1.54, 1.807) is 26.0 Å². The number of hydrogen-bond donors (Lipinski definition) is 5. The lowest BCUT2D eigenvalue weighted by atomic mass is 9.51. The van der Waals surface area contributed by atoms with Crippen molar-refractivity contribution in [1.82, 2.24) is 10.3 Å². The van der Waals surface area contributed by atoms with Crippen LogP contribution in [0.5, 0.6) is 0 Å². The van der Waals surface area contributed by atoms with Gasteiger partial charge < -0.3 is 39.8 Å². The fraction of sp³-hybridized carbons (Fsp3) is 0.591. The fourth-order valence-electron chi connectivity index (χ4n) is 11.0. The minimum atomic E-state index is -1.74. The second-order valence-corrected chi connectivity index (χ2v) is 18.1. The van der Waals surface area contributed by atoms with Crippen LogP contribution in [-0.4, -0.2) is 80.2 Å². The van der Waals surface area contributed by atoms with E-state index >= 15 is 4.79 Å². The van der Waals surface area contributed by atoms with Gasteiger partial charge in [-0.15, -0.1) is 0 Å². The minimum absolute atomic E-state index is 0.0220. The van der Waals surface area contributed by atoms with Crippen LogP contribution in [0.15, 0.2) is 65.5 Å². The lowest BCUT2D eigenvalue weighted by Crippen LogP contribution is -2.58. The first-order valence-corrected chi connectivity index (χ1v) is 21.3. The summed E-state index contributed by atoms with van der Waals surface area (Å²) >= 11 is 12.2. The number of allylic oxidation sites excluding steroid dienone is 5. The van der Waals surface area contributed by atoms with Gasteiger partial charge in [0.05, 0.1) is 34.8 Å². The second kappa shape index (κ2) is 16.1. The van der Waals surface area contributed by atoms with Gasteiger partial charge in [0, 0.05) is 29.7 Å². The van der Waals surface area contributed by atoms with Gasteiger partial charge in [-0.1, -0.05) is 86.5 Å². The van der Waals surface area contributed by atoms with Gasteiger partial charge in [0.2, 0.25) is 5.78 Å². The third-order valence-electron chi connectivity index (χ3n) is 14.2. The molecule has 14 heteroatoms. The SMILES string of the molecule is CC[C@H]1C[C@]23OC(=O)/C(=C(\O)[C@@]4(CC)[C@@H]5CC[C@H](C)[C@H](O[C@H]6C[C@@H](O)[C@H](NC(=O)c7[nH]c(Cl)cc7Cl)[C@@H](C)O6)[C@H]5C=C[C@H]4C/C=C/C/C=C/[C@@]2(C)C=C1C(=O)O)C3=O. The summed E-state index contributed by atoms with van der Waals surface area (Å²) in [5.74, 6) is -4.71. The van der Waals surface area contributed by atoms with Gasteiger partial charge in [-0.2, -0.15) is 0 Å². The van der Waals surface area contributed by atoms with Crippen LogP contribution in [-0.2, 0) is 28.6 Å². The van der Waals surface area contributed by atoms with Crippen LogP contribution >= 0.6 is 23.2 Å². The Kier molecular flexibility index (Phi) is 11.8. The topological polar surface area (TPSA) is 184 Å². The van der Waals surface area contributed by atoms with E-state index in [0.717, 1.165) is 6.42 Å². The lowest BCUT2D eigenvalue weighted by Gasteiger charge is -2.55. The molecule has 1 saturated carbocycles. The summed E-state index contributed by atoms with van der Waals surface area (Å²) in [7, 11) is 0. The number of aliphatic carboxylic acids is 1. The number of aliphatic hydroxyl groups excluding tert-OH is 2. The van der Waals surface area contributed by atoms with E-state index in [9.17, 15) is 29.7 Å². The Bertz CT molecular complexity index is 1990. The van der Waals surface area contributed by atoms with Crippen LogP contribution in [0.3, 0.4) is 0 Å². The number of fused-ring (bicyclic) bond motifs is 4. The third kappa shape index (κ3) is 6.90. The van der Waals surface area contributed by atoms with E-state index in [0.29, 0.717) is 32.1 Å². The Hall–Kier alpha value is -3.68. The molecule has 58 heavy (non-hydrogen) atoms. The van der Waals surface area contributed by atoms with E-state index in [1.165, 1.54) is 6.07 Å². The highest BCUT2D eigenvalue weighted by atomic mass is 35.5. The monoisotopic (exact) mass is 840 g/mol. The number of ether oxygens (including phenoxy) is 3. The summed E-state index contributed by atoms with van der Waals surface area (Å²) in [4.78, 5) is 57.4. The first-order valence-electron chi connectivity index (χ1n) is 20.5. The molecule has 3 heterocycles. The number of carboxylic acids is 1. The van der Waals surface area contributed by atoms with Crippen molar-refractivity contribution in [2.24, 2.45) is 40.4 Å². The van der Waals surface area contributed by atoms with Crippen LogP contribution in [0.4, 0.5) is 0 Å². The number of ketones is 1. The van der Waals surface area contributed by atoms with Crippen molar-refractivity contribution < 1.29 is 48.7 Å². The zero-order chi connectivity index (χ0) is 41.9. The second-order valence-electron chi connectivity index (χ2n) is 17.2. The highest BCUT2D eigenvalue weighted by molar-refractivity contribution is 6.36. The van der Waals surface area contributed by atoms with Crippen LogP contribution in [0, 0.1) is 40.4 Å². The van der Waals surface area contributed by atoms with Crippen LogP contribution in [0.2, 0.25) is 10.2 Å². The summed E-state index contributed by atoms with van der Waals surface area (Å²) in [5.41, 5.74) is -4.19. The Balaban J connectivity index is 1.22. The van der Waals surface area contributed by atoms with E-state index < -0.39 is 76.6 Å². The Labute approximate surface area is 348 Å². The van der Waals surface area contributed by atoms with E-state index in [2.05, 4.69) is 35.5 Å². The molecule has 0 unspecified atom stereocenters. The van der Waals surface area contributed by atoms with E-state index in [1.807, 2.05) is 26.0 Å². The van der Waals surface area contributed by atoms with Crippen LogP contribution in [0.1, 0.15) is 96.5 Å². The number of halogens is 2. The molecule has 3 fully saturated rings. The van der Waals surface area contributed by atoms with Crippen molar-refractivity contribution in [1.29, 1.82) is 0 Å². The molecule has 1 amide bonds. The van der Waals surface area contributed by atoms with Crippen LogP contribution in [0.25, 0.3) is 0 Å². The summed E-state index contributed by atoms with van der Waals surface area (Å²) < 4.78 is 19.3. The van der Waals surface area contributed by atoms with Gasteiger partial charge in [-0.05, 0) is 82.1 Å². The van der Waals surface area contributed by atoms with E-state index in [-0.39, 0.29) is 69.3 Å². The normalized spacial score (nSPS) is 42.3. The first-order chi connectivity index (χ1) is 27.5. The molecule has 4 aliphatic carbocycles. The fourth-order valence-corrected chi connectivity index (χ4v) is 11.5. The molecule has 0 aromatic carbocycles. The van der Waals surface area contributed by atoms with Gasteiger partial charge in [0.1, 0.15) is 22.2 Å². The molecule has 12 nitrogen and oxygen atoms in total. The molecular formula is C44H54Cl2N2O10. The van der Waals surface area contributed by atoms with Crippen molar-refractivity contribution >= 4 is 46.8 Å². The highest BCUT2D eigenvalue weighted by Crippen LogP contribution is 2.61. The number of carbonyl (C=O) groups is 4. The predicted molar refractivity (Wildman–Crippen MR) is 216 cm³/mol. The predicted octanol–water partition coefficient (Wildman–Crippen LogP) is 7.58. The Morgan fingerprint density at radius 3 is 2.52 bits per heavy atom. The molecule has 2 aliphatic heterocycles. The van der Waals surface area contributed by atoms with Gasteiger partial charge in [-0.3, -0.25) is 9.59 Å². The lowest BCUT2D eigenvalue weighted by molar-refractivity contribution is -0.258. The smallest absolute Gasteiger partial charge is 0.346 e. The van der Waals surface area contributed by atoms with Crippen molar-refractivity contribution in [3.63, 3.8) is 0 Å². The number of nitrogens with one attached hydrogen (secondary N) is 2. The number of amides is 1. The van der Waals surface area contributed by atoms with Gasteiger partial charge in [0.25, 0.3) is 5.91 Å². The molecule has 314 valence electrons. The maximum Gasteiger partial charge on any atom is 0.346 e. The summed E-state index contributed by atoms with van der Waals surface area (Å²) in [5, 5.41) is 37.4. The number of carboxylic acid groups (broad SMARTS) is 1. The molecule has 6 aliphatic rings. The molecule has 0 radical (unpaired) electrons. The average Bonchev–Trinajstić information content (AvgIpc) is 3.65. The molecule has 5 N–H and O–H groups in total. The largest absolute Gasteiger partial charge is 0.511 e. The van der Waals surface area contributed by atoms with Gasteiger partial charge >= 0.3 is 11.9 Å². The van der Waals surface area contributed by atoms with Gasteiger partial charge in [-0.25, -0.2) is 9.59 Å². The van der Waals surface area contributed by atoms with Crippen molar-refractivity contribution in [3.05, 3.63) is 81.4 Å².